The van der Waals surface area contributed by atoms with Gasteiger partial charge in [0.05, 0.1) is 5.56 Å². The molecule has 0 N–H and O–H groups in total. The van der Waals surface area contributed by atoms with Gasteiger partial charge in [-0.05, 0) is 66.7 Å². The van der Waals surface area contributed by atoms with Crippen LogP contribution in [0.15, 0.2) is 66.7 Å². The summed E-state index contributed by atoms with van der Waals surface area (Å²) in [5.41, 5.74) is 2.13. The second kappa shape index (κ2) is 9.91. The van der Waals surface area contributed by atoms with Gasteiger partial charge in [-0.2, -0.15) is 0 Å². The van der Waals surface area contributed by atoms with E-state index in [1.165, 1.54) is 19.9 Å². The Morgan fingerprint density at radius 2 is 1.06 bits per heavy atom. The Balaban J connectivity index is 1.70. The summed E-state index contributed by atoms with van der Waals surface area (Å²) < 4.78 is 24.3. The van der Waals surface area contributed by atoms with Crippen LogP contribution in [0.4, 0.5) is 4.39 Å². The predicted molar refractivity (Wildman–Crippen MR) is 114 cm³/mol. The zero-order valence-electron chi connectivity index (χ0n) is 16.9. The van der Waals surface area contributed by atoms with Gasteiger partial charge in [0.25, 0.3) is 0 Å². The van der Waals surface area contributed by atoms with Crippen molar-refractivity contribution in [3.05, 3.63) is 94.8 Å². The third-order valence-electron chi connectivity index (χ3n) is 3.89. The second-order valence-corrected chi connectivity index (χ2v) is 6.43. The highest BCUT2D eigenvalue weighted by Gasteiger charge is 2.01. The van der Waals surface area contributed by atoms with E-state index >= 15 is 0 Å². The van der Waals surface area contributed by atoms with Gasteiger partial charge < -0.3 is 9.47 Å². The number of rotatable bonds is 2. The maximum absolute atomic E-state index is 14.4. The predicted octanol–water partition coefficient (Wildman–Crippen LogP) is 4.48. The van der Waals surface area contributed by atoms with Gasteiger partial charge in [-0.3, -0.25) is 9.59 Å². The molecule has 0 spiro atoms. The molecule has 31 heavy (non-hydrogen) atoms. The molecule has 0 saturated heterocycles. The van der Waals surface area contributed by atoms with E-state index in [0.29, 0.717) is 28.2 Å². The number of hydrogen-bond acceptors (Lipinski definition) is 4. The number of halogens is 1. The first kappa shape index (κ1) is 21.4. The first-order valence-corrected chi connectivity index (χ1v) is 9.29. The van der Waals surface area contributed by atoms with Crippen LogP contribution in [0, 0.1) is 29.5 Å². The highest BCUT2D eigenvalue weighted by atomic mass is 19.1. The molecule has 0 amide bonds. The lowest BCUT2D eigenvalue weighted by molar-refractivity contribution is -0.132. The van der Waals surface area contributed by atoms with Crippen LogP contribution < -0.4 is 9.47 Å². The molecular formula is C26H17FO4. The highest BCUT2D eigenvalue weighted by molar-refractivity contribution is 5.69. The molecule has 5 heteroatoms. The number of esters is 2. The molecule has 0 saturated carbocycles. The maximum Gasteiger partial charge on any atom is 0.308 e. The Hall–Kier alpha value is -4.35. The van der Waals surface area contributed by atoms with E-state index in [9.17, 15) is 14.0 Å². The standard InChI is InChI=1S/C26H17FO4/c1-18(28)30-24-13-7-20(8-14-24)3-4-22-6-12-23(26(27)17-22)11-5-21-9-15-25(16-10-21)31-19(2)29/h6-10,12-17H,1-2H3. The monoisotopic (exact) mass is 412 g/mol. The highest BCUT2D eigenvalue weighted by Crippen LogP contribution is 2.14. The average molecular weight is 412 g/mol. The average Bonchev–Trinajstić information content (AvgIpc) is 2.73. The second-order valence-electron chi connectivity index (χ2n) is 6.43. The van der Waals surface area contributed by atoms with Crippen molar-refractivity contribution in [1.29, 1.82) is 0 Å². The number of ether oxygens (including phenoxy) is 2. The zero-order chi connectivity index (χ0) is 22.2. The van der Waals surface area contributed by atoms with E-state index < -0.39 is 17.8 Å². The summed E-state index contributed by atoms with van der Waals surface area (Å²) in [5, 5.41) is 0. The number of carbonyl (C=O) groups excluding carboxylic acids is 2. The zero-order valence-corrected chi connectivity index (χ0v) is 16.9. The van der Waals surface area contributed by atoms with Crippen LogP contribution >= 0.6 is 0 Å². The Kier molecular flexibility index (Phi) is 6.83. The topological polar surface area (TPSA) is 52.6 Å². The Morgan fingerprint density at radius 3 is 1.52 bits per heavy atom. The third-order valence-corrected chi connectivity index (χ3v) is 3.89. The molecule has 0 bridgehead atoms. The SMILES string of the molecule is CC(=O)Oc1ccc(C#Cc2ccc(C#Cc3ccc(OC(C)=O)cc3)c(F)c2)cc1. The summed E-state index contributed by atoms with van der Waals surface area (Å²) in [6, 6.07) is 17.9. The lowest BCUT2D eigenvalue weighted by Crippen LogP contribution is -2.00. The quantitative estimate of drug-likeness (QED) is 0.354. The molecule has 0 radical (unpaired) electrons. The Bertz CT molecular complexity index is 1240. The van der Waals surface area contributed by atoms with Gasteiger partial charge >= 0.3 is 11.9 Å². The molecule has 152 valence electrons. The van der Waals surface area contributed by atoms with Crippen molar-refractivity contribution < 1.29 is 23.5 Å². The molecule has 0 unspecified atom stereocenters. The van der Waals surface area contributed by atoms with Crippen LogP contribution in [0.25, 0.3) is 0 Å². The van der Waals surface area contributed by atoms with Gasteiger partial charge in [0.1, 0.15) is 17.3 Å². The van der Waals surface area contributed by atoms with Crippen molar-refractivity contribution in [1.82, 2.24) is 0 Å². The Morgan fingerprint density at radius 1 is 0.645 bits per heavy atom. The molecule has 3 rings (SSSR count). The van der Waals surface area contributed by atoms with Crippen LogP contribution in [-0.2, 0) is 9.59 Å². The fourth-order valence-electron chi connectivity index (χ4n) is 2.52. The molecule has 0 aliphatic heterocycles. The fraction of sp³-hybridized carbons (Fsp3) is 0.0769. The first-order chi connectivity index (χ1) is 14.9. The van der Waals surface area contributed by atoms with E-state index in [1.807, 2.05) is 0 Å². The van der Waals surface area contributed by atoms with Gasteiger partial charge in [-0.25, -0.2) is 4.39 Å². The van der Waals surface area contributed by atoms with E-state index in [4.69, 9.17) is 9.47 Å². The molecule has 3 aromatic carbocycles. The lowest BCUT2D eigenvalue weighted by Gasteiger charge is -2.00. The Labute approximate surface area is 179 Å². The maximum atomic E-state index is 14.4. The van der Waals surface area contributed by atoms with E-state index in [0.717, 1.165) is 0 Å². The van der Waals surface area contributed by atoms with Crippen molar-refractivity contribution in [2.24, 2.45) is 0 Å². The number of hydrogen-bond donors (Lipinski definition) is 0. The summed E-state index contributed by atoms with van der Waals surface area (Å²) in [6.07, 6.45) is 0. The normalized spacial score (nSPS) is 9.52. The van der Waals surface area contributed by atoms with Gasteiger partial charge in [-0.1, -0.05) is 23.7 Å². The van der Waals surface area contributed by atoms with Crippen molar-refractivity contribution >= 4 is 11.9 Å². The minimum Gasteiger partial charge on any atom is -0.427 e. The van der Waals surface area contributed by atoms with Gasteiger partial charge in [0.2, 0.25) is 0 Å². The van der Waals surface area contributed by atoms with Crippen molar-refractivity contribution in [3.63, 3.8) is 0 Å². The molecule has 4 nitrogen and oxygen atoms in total. The van der Waals surface area contributed by atoms with Crippen molar-refractivity contribution in [3.8, 4) is 35.2 Å². The summed E-state index contributed by atoms with van der Waals surface area (Å²) in [5.74, 6) is 11.1. The van der Waals surface area contributed by atoms with Crippen molar-refractivity contribution in [2.75, 3.05) is 0 Å². The molecule has 0 aromatic heterocycles. The third kappa shape index (κ3) is 6.59. The molecule has 0 heterocycles. The lowest BCUT2D eigenvalue weighted by atomic mass is 10.1. The van der Waals surface area contributed by atoms with Crippen LogP contribution in [0.1, 0.15) is 36.1 Å². The first-order valence-electron chi connectivity index (χ1n) is 9.29. The molecule has 0 aliphatic rings. The molecule has 0 fully saturated rings. The van der Waals surface area contributed by atoms with E-state index in [2.05, 4.69) is 23.7 Å². The van der Waals surface area contributed by atoms with E-state index in [-0.39, 0.29) is 5.56 Å². The molecule has 0 aliphatic carbocycles. The summed E-state index contributed by atoms with van der Waals surface area (Å²) in [4.78, 5) is 21.9. The summed E-state index contributed by atoms with van der Waals surface area (Å²) in [7, 11) is 0. The van der Waals surface area contributed by atoms with Crippen LogP contribution in [0.3, 0.4) is 0 Å². The summed E-state index contributed by atoms with van der Waals surface area (Å²) >= 11 is 0. The largest absolute Gasteiger partial charge is 0.427 e. The van der Waals surface area contributed by atoms with Gasteiger partial charge in [-0.15, -0.1) is 0 Å². The molecule has 0 atom stereocenters. The minimum absolute atomic E-state index is 0.250. The van der Waals surface area contributed by atoms with Crippen LogP contribution in [0.2, 0.25) is 0 Å². The molecule has 3 aromatic rings. The van der Waals surface area contributed by atoms with Crippen LogP contribution in [0.5, 0.6) is 11.5 Å². The molecular weight excluding hydrogens is 395 g/mol. The minimum atomic E-state index is -0.471. The van der Waals surface area contributed by atoms with E-state index in [1.54, 1.807) is 60.7 Å². The summed E-state index contributed by atoms with van der Waals surface area (Å²) in [6.45, 7) is 2.66. The number of carbonyl (C=O) groups is 2. The number of benzene rings is 3. The van der Waals surface area contributed by atoms with Crippen LogP contribution in [-0.4, -0.2) is 11.9 Å². The van der Waals surface area contributed by atoms with Gasteiger partial charge in [0.15, 0.2) is 0 Å². The fourth-order valence-corrected chi connectivity index (χ4v) is 2.52. The smallest absolute Gasteiger partial charge is 0.308 e. The van der Waals surface area contributed by atoms with Gasteiger partial charge in [0, 0.05) is 30.5 Å². The van der Waals surface area contributed by atoms with Crippen molar-refractivity contribution in [2.45, 2.75) is 13.8 Å².